The van der Waals surface area contributed by atoms with Crippen molar-refractivity contribution in [3.05, 3.63) is 84.2 Å². The van der Waals surface area contributed by atoms with Crippen molar-refractivity contribution in [3.8, 4) is 11.3 Å². The zero-order chi connectivity index (χ0) is 16.8. The SMILES string of the molecule is Cc1ccc2c(sc3c(-c4ccc[nH]4)cccc32)c1C1C=CC=CN1. The maximum Gasteiger partial charge on any atom is 0.0712 e. The summed E-state index contributed by atoms with van der Waals surface area (Å²) in [4.78, 5) is 3.35. The molecule has 0 spiro atoms. The highest BCUT2D eigenvalue weighted by molar-refractivity contribution is 7.26. The molecule has 0 aliphatic carbocycles. The standard InChI is InChI=1S/C22H18N2S/c1-14-10-11-16-15-6-4-7-17(18-9-5-13-23-18)21(15)25-22(16)20(14)19-8-2-3-12-24-19/h2-13,19,23-24H,1H3. The number of hydrogen-bond acceptors (Lipinski definition) is 2. The fourth-order valence-corrected chi connectivity index (χ4v) is 5.17. The van der Waals surface area contributed by atoms with Crippen molar-refractivity contribution in [1.29, 1.82) is 0 Å². The molecule has 1 aliphatic heterocycles. The number of H-pyrrole nitrogens is 1. The van der Waals surface area contributed by atoms with Crippen LogP contribution in [0.25, 0.3) is 31.4 Å². The first-order chi connectivity index (χ1) is 12.3. The predicted molar refractivity (Wildman–Crippen MR) is 108 cm³/mol. The molecule has 2 aromatic carbocycles. The van der Waals surface area contributed by atoms with E-state index in [4.69, 9.17) is 0 Å². The van der Waals surface area contributed by atoms with Crippen LogP contribution in [0.15, 0.2) is 73.1 Å². The first-order valence-corrected chi connectivity index (χ1v) is 9.32. The molecule has 0 bridgehead atoms. The zero-order valence-electron chi connectivity index (χ0n) is 13.9. The summed E-state index contributed by atoms with van der Waals surface area (Å²) < 4.78 is 2.73. The number of aryl methyl sites for hydroxylation is 1. The molecule has 1 atom stereocenters. The molecule has 3 heterocycles. The number of thiophene rings is 1. The van der Waals surface area contributed by atoms with Crippen molar-refractivity contribution in [1.82, 2.24) is 10.3 Å². The topological polar surface area (TPSA) is 27.8 Å². The Bertz CT molecular complexity index is 1130. The van der Waals surface area contributed by atoms with Gasteiger partial charge in [-0.2, -0.15) is 0 Å². The third-order valence-electron chi connectivity index (χ3n) is 4.91. The zero-order valence-corrected chi connectivity index (χ0v) is 14.7. The van der Waals surface area contributed by atoms with Crippen molar-refractivity contribution in [2.75, 3.05) is 0 Å². The number of hydrogen-bond donors (Lipinski definition) is 2. The highest BCUT2D eigenvalue weighted by Crippen LogP contribution is 2.43. The summed E-state index contributed by atoms with van der Waals surface area (Å²) in [7, 11) is 0. The van der Waals surface area contributed by atoms with Gasteiger partial charge in [0, 0.05) is 37.6 Å². The van der Waals surface area contributed by atoms with Crippen LogP contribution < -0.4 is 5.32 Å². The summed E-state index contributed by atoms with van der Waals surface area (Å²) in [6.45, 7) is 2.21. The van der Waals surface area contributed by atoms with E-state index in [1.165, 1.54) is 42.6 Å². The van der Waals surface area contributed by atoms with Gasteiger partial charge in [-0.25, -0.2) is 0 Å². The van der Waals surface area contributed by atoms with Crippen molar-refractivity contribution in [3.63, 3.8) is 0 Å². The van der Waals surface area contributed by atoms with Crippen molar-refractivity contribution >= 4 is 31.5 Å². The van der Waals surface area contributed by atoms with Crippen LogP contribution in [0.1, 0.15) is 17.2 Å². The Morgan fingerprint density at radius 3 is 2.64 bits per heavy atom. The van der Waals surface area contributed by atoms with Gasteiger partial charge in [0.15, 0.2) is 0 Å². The van der Waals surface area contributed by atoms with Gasteiger partial charge in [0.05, 0.1) is 6.04 Å². The number of aromatic amines is 1. The molecule has 3 heteroatoms. The molecule has 2 aromatic heterocycles. The Morgan fingerprint density at radius 2 is 1.84 bits per heavy atom. The quantitative estimate of drug-likeness (QED) is 0.454. The van der Waals surface area contributed by atoms with E-state index in [9.17, 15) is 0 Å². The molecular formula is C22H18N2S. The second kappa shape index (κ2) is 5.64. The van der Waals surface area contributed by atoms with Gasteiger partial charge in [-0.3, -0.25) is 0 Å². The maximum atomic E-state index is 3.49. The van der Waals surface area contributed by atoms with Gasteiger partial charge in [0.2, 0.25) is 0 Å². The fraction of sp³-hybridized carbons (Fsp3) is 0.0909. The summed E-state index contributed by atoms with van der Waals surface area (Å²) in [5.74, 6) is 0. The van der Waals surface area contributed by atoms with Gasteiger partial charge >= 0.3 is 0 Å². The van der Waals surface area contributed by atoms with E-state index in [0.717, 1.165) is 0 Å². The lowest BCUT2D eigenvalue weighted by molar-refractivity contribution is 0.748. The monoisotopic (exact) mass is 342 g/mol. The lowest BCUT2D eigenvalue weighted by Crippen LogP contribution is -2.16. The Balaban J connectivity index is 1.83. The largest absolute Gasteiger partial charge is 0.381 e. The molecule has 0 saturated heterocycles. The first kappa shape index (κ1) is 14.6. The Morgan fingerprint density at radius 1 is 0.920 bits per heavy atom. The van der Waals surface area contributed by atoms with Crippen LogP contribution in [0, 0.1) is 6.92 Å². The van der Waals surface area contributed by atoms with E-state index in [2.05, 4.69) is 71.8 Å². The van der Waals surface area contributed by atoms with Gasteiger partial charge < -0.3 is 10.3 Å². The smallest absolute Gasteiger partial charge is 0.0712 e. The number of rotatable bonds is 2. The molecular weight excluding hydrogens is 324 g/mol. The third kappa shape index (κ3) is 2.24. The minimum atomic E-state index is 0.232. The molecule has 0 amide bonds. The average molecular weight is 342 g/mol. The molecule has 1 aliphatic rings. The van der Waals surface area contributed by atoms with Crippen LogP contribution in [-0.2, 0) is 0 Å². The molecule has 2 N–H and O–H groups in total. The molecule has 0 fully saturated rings. The summed E-state index contributed by atoms with van der Waals surface area (Å²) in [6, 6.07) is 15.6. The second-order valence-electron chi connectivity index (χ2n) is 6.43. The third-order valence-corrected chi connectivity index (χ3v) is 6.20. The van der Waals surface area contributed by atoms with Gasteiger partial charge in [-0.15, -0.1) is 11.3 Å². The van der Waals surface area contributed by atoms with E-state index in [0.29, 0.717) is 0 Å². The van der Waals surface area contributed by atoms with E-state index >= 15 is 0 Å². The molecule has 0 saturated carbocycles. The van der Waals surface area contributed by atoms with E-state index in [1.54, 1.807) is 0 Å². The van der Waals surface area contributed by atoms with Crippen LogP contribution in [0.4, 0.5) is 0 Å². The van der Waals surface area contributed by atoms with E-state index in [1.807, 2.05) is 29.8 Å². The average Bonchev–Trinajstić information content (AvgIpc) is 3.29. The summed E-state index contributed by atoms with van der Waals surface area (Å²) in [6.07, 6.45) is 10.4. The lowest BCUT2D eigenvalue weighted by atomic mass is 9.97. The van der Waals surface area contributed by atoms with Crippen LogP contribution in [0.5, 0.6) is 0 Å². The second-order valence-corrected chi connectivity index (χ2v) is 7.45. The van der Waals surface area contributed by atoms with Gasteiger partial charge in [0.1, 0.15) is 0 Å². The van der Waals surface area contributed by atoms with Crippen molar-refractivity contribution in [2.45, 2.75) is 13.0 Å². The lowest BCUT2D eigenvalue weighted by Gasteiger charge is -2.19. The number of nitrogens with one attached hydrogen (secondary N) is 2. The van der Waals surface area contributed by atoms with Crippen LogP contribution in [0.3, 0.4) is 0 Å². The number of benzene rings is 2. The van der Waals surface area contributed by atoms with Crippen molar-refractivity contribution in [2.24, 2.45) is 0 Å². The number of allylic oxidation sites excluding steroid dienone is 2. The number of fused-ring (bicyclic) bond motifs is 3. The first-order valence-electron chi connectivity index (χ1n) is 8.51. The van der Waals surface area contributed by atoms with Crippen LogP contribution in [0.2, 0.25) is 0 Å². The molecule has 25 heavy (non-hydrogen) atoms. The van der Waals surface area contributed by atoms with Gasteiger partial charge in [-0.05, 0) is 42.5 Å². The normalized spacial score (nSPS) is 16.6. The Hall–Kier alpha value is -2.78. The van der Waals surface area contributed by atoms with E-state index < -0.39 is 0 Å². The molecule has 4 aromatic rings. The summed E-state index contributed by atoms with van der Waals surface area (Å²) in [5.41, 5.74) is 5.17. The molecule has 0 radical (unpaired) electrons. The van der Waals surface area contributed by atoms with Crippen LogP contribution >= 0.6 is 11.3 Å². The number of aromatic nitrogens is 1. The molecule has 5 rings (SSSR count). The Labute approximate surface area is 150 Å². The predicted octanol–water partition coefficient (Wildman–Crippen LogP) is 6.07. The van der Waals surface area contributed by atoms with Gasteiger partial charge in [0.25, 0.3) is 0 Å². The summed E-state index contributed by atoms with van der Waals surface area (Å²) >= 11 is 1.90. The number of dihydropyridines is 1. The highest BCUT2D eigenvalue weighted by Gasteiger charge is 2.19. The van der Waals surface area contributed by atoms with Gasteiger partial charge in [-0.1, -0.05) is 42.5 Å². The Kier molecular flexibility index (Phi) is 3.28. The molecule has 2 nitrogen and oxygen atoms in total. The maximum absolute atomic E-state index is 3.49. The minimum Gasteiger partial charge on any atom is -0.381 e. The summed E-state index contributed by atoms with van der Waals surface area (Å²) in [5, 5.41) is 6.17. The van der Waals surface area contributed by atoms with E-state index in [-0.39, 0.29) is 6.04 Å². The van der Waals surface area contributed by atoms with Crippen molar-refractivity contribution < 1.29 is 0 Å². The molecule has 122 valence electrons. The van der Waals surface area contributed by atoms with Crippen LogP contribution in [-0.4, -0.2) is 4.98 Å². The fourth-order valence-electron chi connectivity index (χ4n) is 3.70. The minimum absolute atomic E-state index is 0.232. The highest BCUT2D eigenvalue weighted by atomic mass is 32.1. The molecule has 1 unspecified atom stereocenters.